The van der Waals surface area contributed by atoms with Gasteiger partial charge < -0.3 is 10.5 Å². The van der Waals surface area contributed by atoms with Crippen molar-refractivity contribution in [2.45, 2.75) is 18.9 Å². The zero-order chi connectivity index (χ0) is 13.8. The van der Waals surface area contributed by atoms with Crippen LogP contribution < -0.4 is 5.73 Å². The van der Waals surface area contributed by atoms with Crippen molar-refractivity contribution in [3.63, 3.8) is 0 Å². The summed E-state index contributed by atoms with van der Waals surface area (Å²) in [6, 6.07) is 7.89. The predicted molar refractivity (Wildman–Crippen MR) is 75.2 cm³/mol. The summed E-state index contributed by atoms with van der Waals surface area (Å²) in [5, 5.41) is 0.751. The lowest BCUT2D eigenvalue weighted by Gasteiger charge is -2.33. The molecule has 0 radical (unpaired) electrons. The Kier molecular flexibility index (Phi) is 4.80. The molecule has 4 nitrogen and oxygen atoms in total. The molecule has 0 saturated carbocycles. The predicted octanol–water partition coefficient (Wildman–Crippen LogP) is 1.63. The molecular formula is C14H19ClN2O2. The van der Waals surface area contributed by atoms with E-state index in [0.717, 1.165) is 18.1 Å². The Morgan fingerprint density at radius 3 is 3.11 bits per heavy atom. The molecule has 1 amide bonds. The van der Waals surface area contributed by atoms with E-state index < -0.39 is 6.10 Å². The topological polar surface area (TPSA) is 55.6 Å². The number of nitrogens with zero attached hydrogens (tertiary/aromatic N) is 1. The molecule has 0 aliphatic carbocycles. The lowest BCUT2D eigenvalue weighted by molar-refractivity contribution is -0.135. The molecule has 0 unspecified atom stereocenters. The summed E-state index contributed by atoms with van der Waals surface area (Å²) < 4.78 is 5.34. The third kappa shape index (κ3) is 3.93. The second kappa shape index (κ2) is 6.37. The fraction of sp³-hybridized carbons (Fsp3) is 0.500. The van der Waals surface area contributed by atoms with Gasteiger partial charge in [0.25, 0.3) is 0 Å². The van der Waals surface area contributed by atoms with E-state index in [4.69, 9.17) is 22.1 Å². The second-order valence-electron chi connectivity index (χ2n) is 4.98. The molecule has 2 N–H and O–H groups in total. The molecule has 2 atom stereocenters. The van der Waals surface area contributed by atoms with Crippen molar-refractivity contribution in [1.82, 2.24) is 4.90 Å². The molecule has 1 fully saturated rings. The van der Waals surface area contributed by atoms with Gasteiger partial charge in [-0.1, -0.05) is 30.7 Å². The Morgan fingerprint density at radius 1 is 1.63 bits per heavy atom. The van der Waals surface area contributed by atoms with Crippen molar-refractivity contribution in [1.29, 1.82) is 0 Å². The number of carbonyl (C=O) groups excluding carboxylic acids is 1. The van der Waals surface area contributed by atoms with Crippen molar-refractivity contribution in [3.05, 3.63) is 34.9 Å². The van der Waals surface area contributed by atoms with Crippen LogP contribution in [0.2, 0.25) is 5.02 Å². The number of primary amides is 1. The van der Waals surface area contributed by atoms with E-state index in [2.05, 4.69) is 17.9 Å². The Bertz CT molecular complexity index is 453. The van der Waals surface area contributed by atoms with E-state index in [1.807, 2.05) is 18.2 Å². The molecule has 0 bridgehead atoms. The van der Waals surface area contributed by atoms with Gasteiger partial charge in [-0.05, 0) is 23.6 Å². The van der Waals surface area contributed by atoms with Crippen LogP contribution in [-0.2, 0) is 9.53 Å². The number of morpholine rings is 1. The number of nitrogens with two attached hydrogens (primary N) is 1. The molecule has 1 aliphatic rings. The molecule has 0 spiro atoms. The molecule has 2 rings (SSSR count). The molecule has 0 aromatic heterocycles. The summed E-state index contributed by atoms with van der Waals surface area (Å²) in [6.45, 7) is 4.97. The van der Waals surface area contributed by atoms with Crippen LogP contribution in [-0.4, -0.2) is 43.2 Å². The minimum atomic E-state index is -0.486. The van der Waals surface area contributed by atoms with Crippen LogP contribution in [0, 0.1) is 0 Å². The Balaban J connectivity index is 1.95. The Labute approximate surface area is 118 Å². The molecule has 1 heterocycles. The van der Waals surface area contributed by atoms with E-state index in [1.165, 1.54) is 5.56 Å². The molecule has 19 heavy (non-hydrogen) atoms. The normalized spacial score (nSPS) is 22.1. The average molecular weight is 283 g/mol. The Morgan fingerprint density at radius 2 is 2.42 bits per heavy atom. The van der Waals surface area contributed by atoms with Gasteiger partial charge in [0.2, 0.25) is 5.91 Å². The number of hydrogen-bond donors (Lipinski definition) is 1. The lowest BCUT2D eigenvalue weighted by Crippen LogP contribution is -2.49. The highest BCUT2D eigenvalue weighted by Crippen LogP contribution is 2.21. The van der Waals surface area contributed by atoms with E-state index >= 15 is 0 Å². The summed E-state index contributed by atoms with van der Waals surface area (Å²) in [6.07, 6.45) is -0.486. The minimum Gasteiger partial charge on any atom is -0.367 e. The average Bonchev–Trinajstić information content (AvgIpc) is 2.39. The van der Waals surface area contributed by atoms with Crippen LogP contribution in [0.1, 0.15) is 18.4 Å². The van der Waals surface area contributed by atoms with Gasteiger partial charge >= 0.3 is 0 Å². The van der Waals surface area contributed by atoms with Gasteiger partial charge in [-0.25, -0.2) is 0 Å². The van der Waals surface area contributed by atoms with Crippen molar-refractivity contribution < 1.29 is 9.53 Å². The van der Waals surface area contributed by atoms with E-state index in [-0.39, 0.29) is 5.91 Å². The zero-order valence-electron chi connectivity index (χ0n) is 11.0. The lowest BCUT2D eigenvalue weighted by atomic mass is 10.0. The number of benzene rings is 1. The summed E-state index contributed by atoms with van der Waals surface area (Å²) in [7, 11) is 0. The van der Waals surface area contributed by atoms with Gasteiger partial charge in [-0.15, -0.1) is 0 Å². The number of rotatable bonds is 4. The first-order chi connectivity index (χ1) is 9.06. The molecule has 1 aliphatic heterocycles. The minimum absolute atomic E-state index is 0.352. The summed E-state index contributed by atoms with van der Waals surface area (Å²) in [4.78, 5) is 13.4. The number of halogens is 1. The highest BCUT2D eigenvalue weighted by molar-refractivity contribution is 6.30. The monoisotopic (exact) mass is 282 g/mol. The van der Waals surface area contributed by atoms with Gasteiger partial charge in [0.05, 0.1) is 6.61 Å². The molecule has 1 aromatic carbocycles. The fourth-order valence-electron chi connectivity index (χ4n) is 2.35. The van der Waals surface area contributed by atoms with Crippen molar-refractivity contribution >= 4 is 17.5 Å². The highest BCUT2D eigenvalue weighted by atomic mass is 35.5. The molecule has 5 heteroatoms. The van der Waals surface area contributed by atoms with E-state index in [0.29, 0.717) is 19.1 Å². The first kappa shape index (κ1) is 14.3. The zero-order valence-corrected chi connectivity index (χ0v) is 11.8. The van der Waals surface area contributed by atoms with E-state index in [1.54, 1.807) is 0 Å². The van der Waals surface area contributed by atoms with Crippen LogP contribution in [0.15, 0.2) is 24.3 Å². The summed E-state index contributed by atoms with van der Waals surface area (Å²) in [5.74, 6) is -0.0366. The highest BCUT2D eigenvalue weighted by Gasteiger charge is 2.25. The number of hydrogen-bond acceptors (Lipinski definition) is 3. The molecule has 104 valence electrons. The van der Waals surface area contributed by atoms with Gasteiger partial charge in [-0.2, -0.15) is 0 Å². The van der Waals surface area contributed by atoms with Gasteiger partial charge in [0.15, 0.2) is 0 Å². The standard InChI is InChI=1S/C14H19ClN2O2/c1-10(11-3-2-4-12(15)7-11)8-17-5-6-19-13(9-17)14(16)18/h2-4,7,10,13H,5-6,8-9H2,1H3,(H2,16,18)/t10-,13-/m1/s1. The summed E-state index contributed by atoms with van der Waals surface area (Å²) >= 11 is 6.00. The van der Waals surface area contributed by atoms with Crippen molar-refractivity contribution in [3.8, 4) is 0 Å². The van der Waals surface area contributed by atoms with Gasteiger partial charge in [0, 0.05) is 24.7 Å². The third-order valence-electron chi connectivity index (χ3n) is 3.42. The number of carbonyl (C=O) groups is 1. The first-order valence-electron chi connectivity index (χ1n) is 6.45. The number of ether oxygens (including phenoxy) is 1. The first-order valence-corrected chi connectivity index (χ1v) is 6.83. The second-order valence-corrected chi connectivity index (χ2v) is 5.41. The molecule has 1 saturated heterocycles. The van der Waals surface area contributed by atoms with Crippen LogP contribution in [0.4, 0.5) is 0 Å². The summed E-state index contributed by atoms with van der Waals surface area (Å²) in [5.41, 5.74) is 6.49. The largest absolute Gasteiger partial charge is 0.367 e. The van der Waals surface area contributed by atoms with Gasteiger partial charge in [-0.3, -0.25) is 9.69 Å². The maximum atomic E-state index is 11.2. The van der Waals surface area contributed by atoms with Crippen LogP contribution in [0.5, 0.6) is 0 Å². The third-order valence-corrected chi connectivity index (χ3v) is 3.65. The smallest absolute Gasteiger partial charge is 0.247 e. The van der Waals surface area contributed by atoms with Crippen LogP contribution >= 0.6 is 11.6 Å². The van der Waals surface area contributed by atoms with Crippen molar-refractivity contribution in [2.24, 2.45) is 5.73 Å². The van der Waals surface area contributed by atoms with Crippen LogP contribution in [0.25, 0.3) is 0 Å². The quantitative estimate of drug-likeness (QED) is 0.913. The molecular weight excluding hydrogens is 264 g/mol. The maximum Gasteiger partial charge on any atom is 0.247 e. The SMILES string of the molecule is C[C@H](CN1CCO[C@@H](C(N)=O)C1)c1cccc(Cl)c1. The Hall–Kier alpha value is -1.10. The van der Waals surface area contributed by atoms with Gasteiger partial charge in [0.1, 0.15) is 6.10 Å². The van der Waals surface area contributed by atoms with E-state index in [9.17, 15) is 4.79 Å². The van der Waals surface area contributed by atoms with Crippen molar-refractivity contribution in [2.75, 3.05) is 26.2 Å². The fourth-order valence-corrected chi connectivity index (χ4v) is 2.55. The number of amides is 1. The molecule has 1 aromatic rings. The maximum absolute atomic E-state index is 11.2. The van der Waals surface area contributed by atoms with Crippen LogP contribution in [0.3, 0.4) is 0 Å².